The van der Waals surface area contributed by atoms with Crippen LogP contribution in [0.15, 0.2) is 36.4 Å². The molecular formula is C19H19N7O. The van der Waals surface area contributed by atoms with Gasteiger partial charge in [-0.15, -0.1) is 5.10 Å². The van der Waals surface area contributed by atoms with Crippen molar-refractivity contribution in [3.05, 3.63) is 64.9 Å². The monoisotopic (exact) mass is 361 g/mol. The molecule has 0 radical (unpaired) electrons. The third kappa shape index (κ3) is 3.17. The van der Waals surface area contributed by atoms with Crippen LogP contribution in [0.3, 0.4) is 0 Å². The number of carbonyl (C=O) groups is 1. The number of aryl methyl sites for hydroxylation is 4. The van der Waals surface area contributed by atoms with Crippen LogP contribution in [0.5, 0.6) is 0 Å². The molecule has 0 saturated heterocycles. The lowest BCUT2D eigenvalue weighted by atomic mass is 10.2. The van der Waals surface area contributed by atoms with Crippen LogP contribution in [-0.2, 0) is 0 Å². The molecule has 3 aromatic heterocycles. The van der Waals surface area contributed by atoms with E-state index in [2.05, 4.69) is 25.5 Å². The number of hydrogen-bond acceptors (Lipinski definition) is 5. The van der Waals surface area contributed by atoms with Crippen LogP contribution >= 0.6 is 0 Å². The van der Waals surface area contributed by atoms with E-state index >= 15 is 0 Å². The molecule has 0 fully saturated rings. The van der Waals surface area contributed by atoms with Gasteiger partial charge in [0.05, 0.1) is 11.4 Å². The summed E-state index contributed by atoms with van der Waals surface area (Å²) < 4.78 is 3.25. The minimum atomic E-state index is -0.411. The fourth-order valence-electron chi connectivity index (χ4n) is 2.91. The number of amides is 1. The Morgan fingerprint density at radius 1 is 0.926 bits per heavy atom. The maximum absolute atomic E-state index is 12.7. The molecule has 1 aromatic carbocycles. The molecule has 0 unspecified atom stereocenters. The van der Waals surface area contributed by atoms with Crippen LogP contribution in [0.4, 0.5) is 5.82 Å². The van der Waals surface area contributed by atoms with Gasteiger partial charge >= 0.3 is 0 Å². The van der Waals surface area contributed by atoms with Crippen LogP contribution in [0.1, 0.15) is 33.3 Å². The number of carbonyl (C=O) groups excluding carboxylic acids is 1. The summed E-state index contributed by atoms with van der Waals surface area (Å²) in [6.07, 6.45) is 0. The van der Waals surface area contributed by atoms with Crippen molar-refractivity contribution in [1.82, 2.24) is 29.4 Å². The van der Waals surface area contributed by atoms with Gasteiger partial charge in [0.1, 0.15) is 5.82 Å². The Hall–Kier alpha value is -3.55. The molecule has 27 heavy (non-hydrogen) atoms. The van der Waals surface area contributed by atoms with E-state index in [1.807, 2.05) is 58.0 Å². The summed E-state index contributed by atoms with van der Waals surface area (Å²) in [5.74, 6) is 0.610. The second-order valence-corrected chi connectivity index (χ2v) is 6.56. The largest absolute Gasteiger partial charge is 0.304 e. The van der Waals surface area contributed by atoms with E-state index in [-0.39, 0.29) is 5.82 Å². The first-order valence-corrected chi connectivity index (χ1v) is 8.57. The SMILES string of the molecule is Cc1ccc(-n2nc(C)cc2NC(=O)c2nc3nc(C)cc(C)n3n2)cc1. The van der Waals surface area contributed by atoms with Crippen molar-refractivity contribution in [3.63, 3.8) is 0 Å². The summed E-state index contributed by atoms with van der Waals surface area (Å²) in [7, 11) is 0. The minimum absolute atomic E-state index is 0.0607. The van der Waals surface area contributed by atoms with Crippen molar-refractivity contribution in [2.45, 2.75) is 27.7 Å². The maximum atomic E-state index is 12.7. The summed E-state index contributed by atoms with van der Waals surface area (Å²) in [5, 5.41) is 11.6. The lowest BCUT2D eigenvalue weighted by Crippen LogP contribution is -2.16. The van der Waals surface area contributed by atoms with Gasteiger partial charge in [0, 0.05) is 17.5 Å². The fourth-order valence-corrected chi connectivity index (χ4v) is 2.91. The molecule has 4 rings (SSSR count). The zero-order valence-electron chi connectivity index (χ0n) is 15.6. The fraction of sp³-hybridized carbons (Fsp3) is 0.211. The molecule has 0 aliphatic carbocycles. The molecule has 0 spiro atoms. The molecule has 0 aliphatic heterocycles. The molecule has 4 aromatic rings. The predicted octanol–water partition coefficient (Wildman–Crippen LogP) is 2.80. The van der Waals surface area contributed by atoms with Crippen molar-refractivity contribution in [2.75, 3.05) is 5.32 Å². The first kappa shape index (κ1) is 16.9. The summed E-state index contributed by atoms with van der Waals surface area (Å²) in [5.41, 5.74) is 4.50. The number of rotatable bonds is 3. The molecule has 0 bridgehead atoms. The summed E-state index contributed by atoms with van der Waals surface area (Å²) in [6.45, 7) is 7.67. The van der Waals surface area contributed by atoms with Gasteiger partial charge in [0.15, 0.2) is 0 Å². The van der Waals surface area contributed by atoms with Gasteiger partial charge in [0.2, 0.25) is 5.82 Å². The van der Waals surface area contributed by atoms with E-state index in [0.717, 1.165) is 28.3 Å². The van der Waals surface area contributed by atoms with Crippen molar-refractivity contribution >= 4 is 17.5 Å². The van der Waals surface area contributed by atoms with Crippen molar-refractivity contribution in [3.8, 4) is 5.69 Å². The number of fused-ring (bicyclic) bond motifs is 1. The van der Waals surface area contributed by atoms with E-state index < -0.39 is 5.91 Å². The zero-order chi connectivity index (χ0) is 19.1. The Morgan fingerprint density at radius 2 is 1.67 bits per heavy atom. The standard InChI is InChI=1S/C19H19N7O/c1-11-5-7-15(8-6-11)26-16(10-13(3)23-26)21-18(27)17-22-19-20-12(2)9-14(4)25(19)24-17/h5-10H,1-4H3,(H,21,27). The van der Waals surface area contributed by atoms with Crippen LogP contribution < -0.4 is 5.32 Å². The van der Waals surface area contributed by atoms with E-state index in [9.17, 15) is 4.79 Å². The smallest absolute Gasteiger partial charge is 0.296 e. The number of aromatic nitrogens is 6. The highest BCUT2D eigenvalue weighted by molar-refractivity contribution is 6.01. The third-order valence-corrected chi connectivity index (χ3v) is 4.17. The summed E-state index contributed by atoms with van der Waals surface area (Å²) in [6, 6.07) is 11.6. The van der Waals surface area contributed by atoms with Crippen molar-refractivity contribution < 1.29 is 4.79 Å². The maximum Gasteiger partial charge on any atom is 0.296 e. The molecule has 0 aliphatic rings. The highest BCUT2D eigenvalue weighted by Gasteiger charge is 2.18. The molecule has 1 N–H and O–H groups in total. The Bertz CT molecular complexity index is 1150. The van der Waals surface area contributed by atoms with E-state index in [4.69, 9.17) is 0 Å². The van der Waals surface area contributed by atoms with E-state index in [1.165, 1.54) is 0 Å². The molecular weight excluding hydrogens is 342 g/mol. The van der Waals surface area contributed by atoms with E-state index in [1.54, 1.807) is 15.3 Å². The van der Waals surface area contributed by atoms with E-state index in [0.29, 0.717) is 11.6 Å². The Kier molecular flexibility index (Phi) is 3.95. The number of anilines is 1. The average Bonchev–Trinajstić information content (AvgIpc) is 3.19. The van der Waals surface area contributed by atoms with Crippen LogP contribution in [0, 0.1) is 27.7 Å². The number of nitrogens with zero attached hydrogens (tertiary/aromatic N) is 6. The van der Waals surface area contributed by atoms with Gasteiger partial charge in [-0.2, -0.15) is 10.1 Å². The summed E-state index contributed by atoms with van der Waals surface area (Å²) >= 11 is 0. The van der Waals surface area contributed by atoms with Crippen molar-refractivity contribution in [1.29, 1.82) is 0 Å². The highest BCUT2D eigenvalue weighted by Crippen LogP contribution is 2.18. The Morgan fingerprint density at radius 3 is 2.41 bits per heavy atom. The first-order chi connectivity index (χ1) is 12.9. The molecule has 8 nitrogen and oxygen atoms in total. The highest BCUT2D eigenvalue weighted by atomic mass is 16.2. The molecule has 1 amide bonds. The lowest BCUT2D eigenvalue weighted by Gasteiger charge is -2.08. The topological polar surface area (TPSA) is 90.0 Å². The third-order valence-electron chi connectivity index (χ3n) is 4.17. The minimum Gasteiger partial charge on any atom is -0.304 e. The normalized spacial score (nSPS) is 11.1. The van der Waals surface area contributed by atoms with Crippen LogP contribution in [0.25, 0.3) is 11.5 Å². The molecule has 0 atom stereocenters. The van der Waals surface area contributed by atoms with Gasteiger partial charge in [-0.05, 0) is 45.9 Å². The van der Waals surface area contributed by atoms with Crippen molar-refractivity contribution in [2.24, 2.45) is 0 Å². The number of nitrogens with one attached hydrogen (secondary N) is 1. The molecule has 3 heterocycles. The first-order valence-electron chi connectivity index (χ1n) is 8.57. The average molecular weight is 361 g/mol. The number of hydrogen-bond donors (Lipinski definition) is 1. The second-order valence-electron chi connectivity index (χ2n) is 6.56. The van der Waals surface area contributed by atoms with Gasteiger partial charge in [-0.1, -0.05) is 17.7 Å². The van der Waals surface area contributed by atoms with Crippen LogP contribution in [-0.4, -0.2) is 35.3 Å². The zero-order valence-corrected chi connectivity index (χ0v) is 15.6. The predicted molar refractivity (Wildman–Crippen MR) is 101 cm³/mol. The van der Waals surface area contributed by atoms with Gasteiger partial charge in [-0.25, -0.2) is 14.2 Å². The Balaban J connectivity index is 1.67. The number of benzene rings is 1. The molecule has 8 heteroatoms. The molecule has 0 saturated carbocycles. The molecule has 136 valence electrons. The van der Waals surface area contributed by atoms with Gasteiger partial charge < -0.3 is 5.32 Å². The quantitative estimate of drug-likeness (QED) is 0.606. The van der Waals surface area contributed by atoms with Gasteiger partial charge in [-0.3, -0.25) is 4.79 Å². The lowest BCUT2D eigenvalue weighted by molar-refractivity contribution is 0.101. The summed E-state index contributed by atoms with van der Waals surface area (Å²) in [4.78, 5) is 21.3. The van der Waals surface area contributed by atoms with Gasteiger partial charge in [0.25, 0.3) is 11.7 Å². The van der Waals surface area contributed by atoms with Crippen LogP contribution in [0.2, 0.25) is 0 Å². The Labute approximate surface area is 155 Å². The second kappa shape index (κ2) is 6.31.